The van der Waals surface area contributed by atoms with Crippen molar-refractivity contribution in [1.29, 1.82) is 0 Å². The Morgan fingerprint density at radius 1 is 1.29 bits per heavy atom. The van der Waals surface area contributed by atoms with Gasteiger partial charge in [-0.3, -0.25) is 4.79 Å². The fourth-order valence-corrected chi connectivity index (χ4v) is 3.99. The minimum absolute atomic E-state index is 0.0320. The predicted molar refractivity (Wildman–Crippen MR) is 81.2 cm³/mol. The van der Waals surface area contributed by atoms with Crippen molar-refractivity contribution < 1.29 is 19.8 Å². The van der Waals surface area contributed by atoms with Crippen LogP contribution in [0.5, 0.6) is 0 Å². The van der Waals surface area contributed by atoms with Crippen LogP contribution >= 0.6 is 23.1 Å². The molecular weight excluding hydrogens is 310 g/mol. The number of nitrogens with zero attached hydrogens (tertiary/aromatic N) is 1. The molecule has 0 saturated heterocycles. The third kappa shape index (κ3) is 4.05. The normalized spacial score (nSPS) is 10.5. The summed E-state index contributed by atoms with van der Waals surface area (Å²) in [6.07, 6.45) is -0.0320. The molecular formula is C14H13NO4S2. The molecule has 0 bridgehead atoms. The molecule has 0 aliphatic carbocycles. The van der Waals surface area contributed by atoms with E-state index in [9.17, 15) is 9.59 Å². The van der Waals surface area contributed by atoms with Crippen LogP contribution < -0.4 is 0 Å². The summed E-state index contributed by atoms with van der Waals surface area (Å²) in [5.74, 6) is -1.34. The number of aromatic nitrogens is 1. The first-order valence-corrected chi connectivity index (χ1v) is 7.89. The average molecular weight is 323 g/mol. The number of carboxylic acids is 2. The Kier molecular flexibility index (Phi) is 4.98. The molecule has 0 aliphatic heterocycles. The largest absolute Gasteiger partial charge is 0.481 e. The molecule has 0 fully saturated rings. The molecule has 7 heteroatoms. The molecule has 1 heterocycles. The third-order valence-corrected chi connectivity index (χ3v) is 5.13. The fourth-order valence-electron chi connectivity index (χ4n) is 1.76. The summed E-state index contributed by atoms with van der Waals surface area (Å²) in [6.45, 7) is 1.78. The minimum Gasteiger partial charge on any atom is -0.481 e. The van der Waals surface area contributed by atoms with E-state index in [1.165, 1.54) is 23.1 Å². The van der Waals surface area contributed by atoms with Crippen LogP contribution in [0.15, 0.2) is 28.6 Å². The molecule has 0 spiro atoms. The van der Waals surface area contributed by atoms with E-state index < -0.39 is 11.9 Å². The lowest BCUT2D eigenvalue weighted by atomic mass is 10.1. The highest BCUT2D eigenvalue weighted by Crippen LogP contribution is 2.30. The zero-order chi connectivity index (χ0) is 15.4. The molecule has 21 heavy (non-hydrogen) atoms. The molecule has 2 aromatic rings. The Balaban J connectivity index is 2.10. The monoisotopic (exact) mass is 323 g/mol. The molecule has 0 atom stereocenters. The van der Waals surface area contributed by atoms with Gasteiger partial charge in [0.05, 0.1) is 17.7 Å². The smallest absolute Gasteiger partial charge is 0.335 e. The molecule has 0 amide bonds. The number of carboxylic acid groups (broad SMARTS) is 2. The van der Waals surface area contributed by atoms with Crippen LogP contribution in [0.4, 0.5) is 0 Å². The van der Waals surface area contributed by atoms with E-state index >= 15 is 0 Å². The second-order valence-corrected chi connectivity index (χ2v) is 6.62. The van der Waals surface area contributed by atoms with E-state index in [1.807, 2.05) is 0 Å². The summed E-state index contributed by atoms with van der Waals surface area (Å²) in [4.78, 5) is 26.9. The molecule has 2 rings (SSSR count). The van der Waals surface area contributed by atoms with Gasteiger partial charge in [0.2, 0.25) is 0 Å². The number of hydrogen-bond donors (Lipinski definition) is 2. The molecule has 0 aliphatic rings. The number of benzene rings is 1. The molecule has 5 nitrogen and oxygen atoms in total. The van der Waals surface area contributed by atoms with Crippen LogP contribution in [-0.4, -0.2) is 27.1 Å². The first-order chi connectivity index (χ1) is 9.97. The summed E-state index contributed by atoms with van der Waals surface area (Å²) in [5.41, 5.74) is 1.73. The topological polar surface area (TPSA) is 87.5 Å². The van der Waals surface area contributed by atoms with Gasteiger partial charge in [-0.2, -0.15) is 0 Å². The average Bonchev–Trinajstić information content (AvgIpc) is 2.76. The quantitative estimate of drug-likeness (QED) is 0.794. The fraction of sp³-hybridized carbons (Fsp3) is 0.214. The van der Waals surface area contributed by atoms with Crippen molar-refractivity contribution in [2.24, 2.45) is 0 Å². The summed E-state index contributed by atoms with van der Waals surface area (Å²) in [6, 6.07) is 6.83. The number of thioether (sulfide) groups is 1. The lowest BCUT2D eigenvalue weighted by molar-refractivity contribution is -0.136. The van der Waals surface area contributed by atoms with Crippen molar-refractivity contribution in [2.75, 3.05) is 0 Å². The zero-order valence-corrected chi connectivity index (χ0v) is 12.8. The van der Waals surface area contributed by atoms with Gasteiger partial charge in [-0.1, -0.05) is 30.0 Å². The maximum Gasteiger partial charge on any atom is 0.335 e. The second kappa shape index (κ2) is 6.73. The van der Waals surface area contributed by atoms with Gasteiger partial charge >= 0.3 is 11.9 Å². The lowest BCUT2D eigenvalue weighted by Gasteiger charge is -2.03. The van der Waals surface area contributed by atoms with Gasteiger partial charge in [0, 0.05) is 10.6 Å². The Morgan fingerprint density at radius 2 is 2.00 bits per heavy atom. The van der Waals surface area contributed by atoms with Crippen molar-refractivity contribution in [3.8, 4) is 0 Å². The lowest BCUT2D eigenvalue weighted by Crippen LogP contribution is -2.00. The predicted octanol–water partition coefficient (Wildman–Crippen LogP) is 3.07. The Bertz CT molecular complexity index is 681. The van der Waals surface area contributed by atoms with E-state index in [0.717, 1.165) is 20.5 Å². The maximum atomic E-state index is 11.1. The summed E-state index contributed by atoms with van der Waals surface area (Å²) in [5, 5.41) is 17.9. The molecule has 1 aromatic heterocycles. The van der Waals surface area contributed by atoms with E-state index in [-0.39, 0.29) is 12.0 Å². The molecule has 0 radical (unpaired) electrons. The molecule has 2 N–H and O–H groups in total. The van der Waals surface area contributed by atoms with Crippen LogP contribution in [-0.2, 0) is 17.0 Å². The Labute approximate surface area is 129 Å². The van der Waals surface area contributed by atoms with Gasteiger partial charge < -0.3 is 10.2 Å². The van der Waals surface area contributed by atoms with Crippen LogP contribution in [0.3, 0.4) is 0 Å². The minimum atomic E-state index is -0.951. The van der Waals surface area contributed by atoms with Crippen LogP contribution in [0.1, 0.15) is 26.5 Å². The second-order valence-electron chi connectivity index (χ2n) is 4.31. The van der Waals surface area contributed by atoms with Gasteiger partial charge in [-0.15, -0.1) is 11.3 Å². The number of hydrogen-bond acceptors (Lipinski definition) is 5. The molecule has 110 valence electrons. The standard InChI is InChI=1S/C14H13NO4S2/c1-8-11(6-12(16)17)21-14(15-8)20-7-9-4-2-3-5-10(9)13(18)19/h2-5H,6-7H2,1H3,(H,16,17)(H,18,19). The molecule has 0 saturated carbocycles. The van der Waals surface area contributed by atoms with Gasteiger partial charge in [-0.25, -0.2) is 9.78 Å². The molecule has 0 unspecified atom stereocenters. The van der Waals surface area contributed by atoms with Crippen LogP contribution in [0.25, 0.3) is 0 Å². The number of carbonyl (C=O) groups is 2. The van der Waals surface area contributed by atoms with E-state index in [2.05, 4.69) is 4.98 Å². The first-order valence-electron chi connectivity index (χ1n) is 6.09. The van der Waals surface area contributed by atoms with E-state index in [0.29, 0.717) is 5.75 Å². The van der Waals surface area contributed by atoms with Crippen molar-refractivity contribution in [2.45, 2.75) is 23.4 Å². The highest BCUT2D eigenvalue weighted by atomic mass is 32.2. The maximum absolute atomic E-state index is 11.1. The SMILES string of the molecule is Cc1nc(SCc2ccccc2C(=O)O)sc1CC(=O)O. The van der Waals surface area contributed by atoms with Crippen LogP contribution in [0.2, 0.25) is 0 Å². The summed E-state index contributed by atoms with van der Waals surface area (Å²) < 4.78 is 0.754. The Morgan fingerprint density at radius 3 is 2.67 bits per heavy atom. The summed E-state index contributed by atoms with van der Waals surface area (Å²) >= 11 is 2.76. The highest BCUT2D eigenvalue weighted by Gasteiger charge is 2.13. The van der Waals surface area contributed by atoms with Gasteiger partial charge in [-0.05, 0) is 18.6 Å². The summed E-state index contributed by atoms with van der Waals surface area (Å²) in [7, 11) is 0. The van der Waals surface area contributed by atoms with Crippen molar-refractivity contribution in [1.82, 2.24) is 4.98 Å². The van der Waals surface area contributed by atoms with Gasteiger partial charge in [0.15, 0.2) is 4.34 Å². The van der Waals surface area contributed by atoms with Crippen molar-refractivity contribution in [3.63, 3.8) is 0 Å². The zero-order valence-electron chi connectivity index (χ0n) is 11.2. The number of aryl methyl sites for hydroxylation is 1. The van der Waals surface area contributed by atoms with E-state index in [4.69, 9.17) is 10.2 Å². The third-order valence-electron chi connectivity index (χ3n) is 2.78. The first kappa shape index (κ1) is 15.5. The highest BCUT2D eigenvalue weighted by molar-refractivity contribution is 8.00. The van der Waals surface area contributed by atoms with Gasteiger partial charge in [0.25, 0.3) is 0 Å². The van der Waals surface area contributed by atoms with Crippen LogP contribution in [0, 0.1) is 6.92 Å². The Hall–Kier alpha value is -1.86. The molecule has 1 aromatic carbocycles. The van der Waals surface area contributed by atoms with Crippen molar-refractivity contribution >= 4 is 35.0 Å². The van der Waals surface area contributed by atoms with E-state index in [1.54, 1.807) is 31.2 Å². The van der Waals surface area contributed by atoms with Crippen molar-refractivity contribution in [3.05, 3.63) is 46.0 Å². The number of aromatic carboxylic acids is 1. The number of rotatable bonds is 6. The number of thiazole rings is 1. The van der Waals surface area contributed by atoms with Gasteiger partial charge in [0.1, 0.15) is 0 Å². The number of aliphatic carboxylic acids is 1.